The van der Waals surface area contributed by atoms with Gasteiger partial charge in [0, 0.05) is 24.7 Å². The number of hydrogen-bond acceptors (Lipinski definition) is 7. The van der Waals surface area contributed by atoms with Gasteiger partial charge in [0.2, 0.25) is 5.91 Å². The van der Waals surface area contributed by atoms with Crippen molar-refractivity contribution in [3.8, 4) is 11.4 Å². The number of methoxy groups -OCH3 is 1. The maximum Gasteiger partial charge on any atom is 0.233 e. The number of carbonyl (C=O) groups excluding carboxylic acids is 1. The lowest BCUT2D eigenvalue weighted by atomic mass is 9.99. The van der Waals surface area contributed by atoms with Crippen molar-refractivity contribution in [3.05, 3.63) is 59.4 Å². The molecule has 0 bridgehead atoms. The van der Waals surface area contributed by atoms with E-state index in [0.29, 0.717) is 16.8 Å². The van der Waals surface area contributed by atoms with E-state index in [4.69, 9.17) is 9.72 Å². The van der Waals surface area contributed by atoms with Crippen molar-refractivity contribution in [3.63, 3.8) is 0 Å². The largest absolute Gasteiger partial charge is 0.497 e. The van der Waals surface area contributed by atoms with Gasteiger partial charge in [0.15, 0.2) is 5.16 Å². The highest BCUT2D eigenvalue weighted by atomic mass is 32.2. The molecule has 1 amide bonds. The first-order chi connectivity index (χ1) is 16.1. The smallest absolute Gasteiger partial charge is 0.233 e. The molecule has 1 fully saturated rings. The van der Waals surface area contributed by atoms with Gasteiger partial charge in [0.1, 0.15) is 11.6 Å². The number of thiazole rings is 1. The van der Waals surface area contributed by atoms with Gasteiger partial charge in [-0.05, 0) is 56.2 Å². The standard InChI is InChI=1S/C24H25N5O2S2/c1-16-26-27-24(29(16)18-9-11-19(31-2)12-10-18)32-15-22(30)28-13-5-6-17(14-28)23-25-20-7-3-4-8-21(20)33-23/h3-4,7-12,17H,5-6,13-15H2,1-2H3/t17-/m0/s1. The summed E-state index contributed by atoms with van der Waals surface area (Å²) in [5.74, 6) is 2.34. The quantitative estimate of drug-likeness (QED) is 0.374. The highest BCUT2D eigenvalue weighted by Gasteiger charge is 2.27. The molecule has 1 atom stereocenters. The number of aromatic nitrogens is 4. The molecule has 0 unspecified atom stereocenters. The van der Waals surface area contributed by atoms with Crippen LogP contribution < -0.4 is 4.74 Å². The molecule has 0 radical (unpaired) electrons. The summed E-state index contributed by atoms with van der Waals surface area (Å²) in [5, 5.41) is 10.4. The van der Waals surface area contributed by atoms with E-state index in [-0.39, 0.29) is 5.91 Å². The lowest BCUT2D eigenvalue weighted by Gasteiger charge is -2.31. The van der Waals surface area contributed by atoms with Crippen LogP contribution in [0.15, 0.2) is 53.7 Å². The van der Waals surface area contributed by atoms with E-state index in [1.807, 2.05) is 52.8 Å². The summed E-state index contributed by atoms with van der Waals surface area (Å²) < 4.78 is 8.43. The van der Waals surface area contributed by atoms with Crippen LogP contribution in [0.4, 0.5) is 0 Å². The first-order valence-electron chi connectivity index (χ1n) is 10.9. The number of rotatable bonds is 6. The van der Waals surface area contributed by atoms with E-state index in [9.17, 15) is 4.79 Å². The Morgan fingerprint density at radius 1 is 1.18 bits per heavy atom. The number of aryl methyl sites for hydroxylation is 1. The number of thioether (sulfide) groups is 1. The van der Waals surface area contributed by atoms with E-state index in [2.05, 4.69) is 22.3 Å². The molecule has 33 heavy (non-hydrogen) atoms. The first-order valence-corrected chi connectivity index (χ1v) is 12.7. The zero-order chi connectivity index (χ0) is 22.8. The van der Waals surface area contributed by atoms with Crippen molar-refractivity contribution in [1.82, 2.24) is 24.6 Å². The fourth-order valence-corrected chi connectivity index (χ4v) is 6.15. The Balaban J connectivity index is 1.25. The van der Waals surface area contributed by atoms with E-state index >= 15 is 0 Å². The molecule has 5 rings (SSSR count). The van der Waals surface area contributed by atoms with Crippen LogP contribution in [0.3, 0.4) is 0 Å². The molecular formula is C24H25N5O2S2. The number of benzene rings is 2. The number of hydrogen-bond donors (Lipinski definition) is 0. The Labute approximate surface area is 200 Å². The minimum atomic E-state index is 0.132. The van der Waals surface area contributed by atoms with Crippen LogP contribution in [-0.4, -0.2) is 56.5 Å². The van der Waals surface area contributed by atoms with Crippen LogP contribution in [0.5, 0.6) is 5.75 Å². The van der Waals surface area contributed by atoms with Gasteiger partial charge in [-0.25, -0.2) is 4.98 Å². The van der Waals surface area contributed by atoms with Crippen LogP contribution in [0, 0.1) is 6.92 Å². The second kappa shape index (κ2) is 9.52. The minimum Gasteiger partial charge on any atom is -0.497 e. The molecule has 0 aliphatic carbocycles. The number of ether oxygens (including phenoxy) is 1. The van der Waals surface area contributed by atoms with Gasteiger partial charge in [0.05, 0.1) is 28.1 Å². The van der Waals surface area contributed by atoms with E-state index in [0.717, 1.165) is 53.7 Å². The van der Waals surface area contributed by atoms with Crippen molar-refractivity contribution < 1.29 is 9.53 Å². The molecule has 0 saturated carbocycles. The fraction of sp³-hybridized carbons (Fsp3) is 0.333. The minimum absolute atomic E-state index is 0.132. The van der Waals surface area contributed by atoms with Crippen molar-refractivity contribution >= 4 is 39.2 Å². The summed E-state index contributed by atoms with van der Waals surface area (Å²) in [7, 11) is 1.65. The number of carbonyl (C=O) groups is 1. The summed E-state index contributed by atoms with van der Waals surface area (Å²) in [5.41, 5.74) is 1.99. The number of piperidine rings is 1. The van der Waals surface area contributed by atoms with Crippen LogP contribution in [0.1, 0.15) is 29.6 Å². The van der Waals surface area contributed by atoms with Crippen molar-refractivity contribution in [1.29, 1.82) is 0 Å². The summed E-state index contributed by atoms with van der Waals surface area (Å²) in [6.45, 7) is 3.44. The van der Waals surface area contributed by atoms with Crippen molar-refractivity contribution in [2.24, 2.45) is 0 Å². The fourth-order valence-electron chi connectivity index (χ4n) is 4.15. The van der Waals surface area contributed by atoms with Gasteiger partial charge in [-0.15, -0.1) is 21.5 Å². The summed E-state index contributed by atoms with van der Waals surface area (Å²) >= 11 is 3.18. The third-order valence-corrected chi connectivity index (χ3v) is 8.00. The Kier molecular flexibility index (Phi) is 6.32. The number of amides is 1. The van der Waals surface area contributed by atoms with Crippen LogP contribution in [0.2, 0.25) is 0 Å². The number of nitrogens with zero attached hydrogens (tertiary/aromatic N) is 5. The summed E-state index contributed by atoms with van der Waals surface area (Å²) in [4.78, 5) is 19.9. The molecule has 9 heteroatoms. The monoisotopic (exact) mass is 479 g/mol. The summed E-state index contributed by atoms with van der Waals surface area (Å²) in [6.07, 6.45) is 2.07. The number of likely N-dealkylation sites (tertiary alicyclic amines) is 1. The molecule has 3 heterocycles. The Morgan fingerprint density at radius 3 is 2.79 bits per heavy atom. The number of fused-ring (bicyclic) bond motifs is 1. The maximum atomic E-state index is 13.1. The molecule has 0 N–H and O–H groups in total. The predicted octanol–water partition coefficient (Wildman–Crippen LogP) is 4.69. The van der Waals surface area contributed by atoms with Crippen LogP contribution in [-0.2, 0) is 4.79 Å². The zero-order valence-corrected chi connectivity index (χ0v) is 20.2. The number of para-hydroxylation sites is 1. The average Bonchev–Trinajstić information content (AvgIpc) is 3.46. The molecule has 170 valence electrons. The van der Waals surface area contributed by atoms with Gasteiger partial charge in [0.25, 0.3) is 0 Å². The maximum absolute atomic E-state index is 13.1. The molecule has 1 aliphatic rings. The van der Waals surface area contributed by atoms with Gasteiger partial charge < -0.3 is 9.64 Å². The van der Waals surface area contributed by atoms with Crippen LogP contribution >= 0.6 is 23.1 Å². The second-order valence-electron chi connectivity index (χ2n) is 8.05. The predicted molar refractivity (Wildman–Crippen MR) is 132 cm³/mol. The molecule has 4 aromatic rings. The van der Waals surface area contributed by atoms with Gasteiger partial charge in [-0.2, -0.15) is 0 Å². The normalized spacial score (nSPS) is 16.3. The zero-order valence-electron chi connectivity index (χ0n) is 18.6. The van der Waals surface area contributed by atoms with Gasteiger partial charge in [-0.3, -0.25) is 9.36 Å². The van der Waals surface area contributed by atoms with Gasteiger partial charge >= 0.3 is 0 Å². The summed E-state index contributed by atoms with van der Waals surface area (Å²) in [6, 6.07) is 16.0. The first kappa shape index (κ1) is 21.9. The Hall–Kier alpha value is -2.91. The molecule has 1 aliphatic heterocycles. The molecule has 1 saturated heterocycles. The van der Waals surface area contributed by atoms with E-state index in [1.54, 1.807) is 18.4 Å². The van der Waals surface area contributed by atoms with Crippen molar-refractivity contribution in [2.45, 2.75) is 30.8 Å². The SMILES string of the molecule is COc1ccc(-n2c(C)nnc2SCC(=O)N2CCC[C@H](c3nc4ccccc4s3)C2)cc1. The lowest BCUT2D eigenvalue weighted by molar-refractivity contribution is -0.129. The lowest BCUT2D eigenvalue weighted by Crippen LogP contribution is -2.40. The molecule has 7 nitrogen and oxygen atoms in total. The molecule has 0 spiro atoms. The third kappa shape index (κ3) is 4.60. The van der Waals surface area contributed by atoms with E-state index in [1.165, 1.54) is 16.5 Å². The highest BCUT2D eigenvalue weighted by molar-refractivity contribution is 7.99. The second-order valence-corrected chi connectivity index (χ2v) is 10.1. The van der Waals surface area contributed by atoms with Gasteiger partial charge in [-0.1, -0.05) is 23.9 Å². The molecule has 2 aromatic carbocycles. The Bertz CT molecular complexity index is 1230. The Morgan fingerprint density at radius 2 is 2.00 bits per heavy atom. The topological polar surface area (TPSA) is 73.1 Å². The third-order valence-electron chi connectivity index (χ3n) is 5.88. The highest BCUT2D eigenvalue weighted by Crippen LogP contribution is 2.33. The molecular weight excluding hydrogens is 454 g/mol. The van der Waals surface area contributed by atoms with Crippen LogP contribution in [0.25, 0.3) is 15.9 Å². The van der Waals surface area contributed by atoms with E-state index < -0.39 is 0 Å². The molecule has 2 aromatic heterocycles. The average molecular weight is 480 g/mol. The van der Waals surface area contributed by atoms with Crippen molar-refractivity contribution in [2.75, 3.05) is 26.0 Å².